The van der Waals surface area contributed by atoms with E-state index >= 15 is 0 Å². The predicted octanol–water partition coefficient (Wildman–Crippen LogP) is 2.29. The summed E-state index contributed by atoms with van der Waals surface area (Å²) in [6.07, 6.45) is 0.182. The van der Waals surface area contributed by atoms with E-state index < -0.39 is 15.9 Å². The van der Waals surface area contributed by atoms with Crippen LogP contribution < -0.4 is 20.3 Å². The molecule has 0 fully saturated rings. The highest BCUT2D eigenvalue weighted by molar-refractivity contribution is 7.89. The van der Waals surface area contributed by atoms with Crippen LogP contribution in [0.5, 0.6) is 5.75 Å². The van der Waals surface area contributed by atoms with Gasteiger partial charge in [-0.05, 0) is 37.1 Å². The fraction of sp³-hybridized carbons (Fsp3) is 0.421. The number of thiazole rings is 1. The zero-order valence-electron chi connectivity index (χ0n) is 17.7. The van der Waals surface area contributed by atoms with Crippen molar-refractivity contribution >= 4 is 38.3 Å². The van der Waals surface area contributed by atoms with Crippen LogP contribution in [-0.2, 0) is 19.6 Å². The number of nitrogens with zero attached hydrogens (tertiary/aromatic N) is 1. The number of rotatable bonds is 10. The van der Waals surface area contributed by atoms with Crippen molar-refractivity contribution in [2.75, 3.05) is 19.0 Å². The highest BCUT2D eigenvalue weighted by Crippen LogP contribution is 2.36. The first kappa shape index (κ1) is 24.7. The Morgan fingerprint density at radius 1 is 1.29 bits per heavy atom. The van der Waals surface area contributed by atoms with Crippen molar-refractivity contribution in [3.8, 4) is 16.2 Å². The van der Waals surface area contributed by atoms with Crippen LogP contribution in [0.25, 0.3) is 10.4 Å². The Morgan fingerprint density at radius 2 is 2.00 bits per heavy atom. The summed E-state index contributed by atoms with van der Waals surface area (Å²) >= 11 is 1.25. The lowest BCUT2D eigenvalue weighted by Crippen LogP contribution is -2.27. The molecule has 0 aliphatic heterocycles. The first-order chi connectivity index (χ1) is 14.6. The number of amides is 2. The third kappa shape index (κ3) is 6.47. The number of benzene rings is 1. The summed E-state index contributed by atoms with van der Waals surface area (Å²) in [7, 11) is -2.56. The molecule has 2 rings (SSSR count). The smallest absolute Gasteiger partial charge is 0.244 e. The highest BCUT2D eigenvalue weighted by Gasteiger charge is 2.22. The predicted molar refractivity (Wildman–Crippen MR) is 117 cm³/mol. The molecule has 0 atom stereocenters. The van der Waals surface area contributed by atoms with Gasteiger partial charge < -0.3 is 10.1 Å². The summed E-state index contributed by atoms with van der Waals surface area (Å²) in [6.45, 7) is 5.34. The van der Waals surface area contributed by atoms with Crippen LogP contribution in [0.2, 0.25) is 0 Å². The summed E-state index contributed by atoms with van der Waals surface area (Å²) in [6, 6.07) is 4.75. The fourth-order valence-corrected chi connectivity index (χ4v) is 4.82. The second-order valence-corrected chi connectivity index (χ2v) is 9.71. The minimum Gasteiger partial charge on any atom is -0.495 e. The summed E-state index contributed by atoms with van der Waals surface area (Å²) in [5, 5.41) is 11.7. The molecular weight excluding hydrogens is 444 g/mol. The van der Waals surface area contributed by atoms with Crippen molar-refractivity contribution in [1.82, 2.24) is 15.2 Å². The van der Waals surface area contributed by atoms with E-state index in [1.54, 1.807) is 32.9 Å². The number of hydroxylamine groups is 1. The van der Waals surface area contributed by atoms with Crippen LogP contribution in [0, 0.1) is 12.8 Å². The molecule has 2 aromatic rings. The number of nitrogens with one attached hydrogen (secondary N) is 3. The molecule has 1 aromatic heterocycles. The molecule has 0 aliphatic carbocycles. The van der Waals surface area contributed by atoms with E-state index in [9.17, 15) is 18.0 Å². The van der Waals surface area contributed by atoms with Gasteiger partial charge in [0.2, 0.25) is 21.8 Å². The number of methoxy groups -OCH3 is 1. The summed E-state index contributed by atoms with van der Waals surface area (Å²) in [4.78, 5) is 28.0. The monoisotopic (exact) mass is 470 g/mol. The lowest BCUT2D eigenvalue weighted by molar-refractivity contribution is -0.129. The maximum absolute atomic E-state index is 12.8. The minimum absolute atomic E-state index is 0.00804. The average molecular weight is 471 g/mol. The molecule has 0 spiro atoms. The quantitative estimate of drug-likeness (QED) is 0.237. The molecule has 0 bridgehead atoms. The third-order valence-electron chi connectivity index (χ3n) is 4.26. The molecule has 170 valence electrons. The molecule has 1 heterocycles. The van der Waals surface area contributed by atoms with E-state index in [0.29, 0.717) is 16.4 Å². The number of hydrogen-bond acceptors (Lipinski definition) is 8. The summed E-state index contributed by atoms with van der Waals surface area (Å²) in [5.41, 5.74) is 2.76. The molecule has 12 heteroatoms. The van der Waals surface area contributed by atoms with E-state index in [0.717, 1.165) is 4.88 Å². The first-order valence-corrected chi connectivity index (χ1v) is 11.8. The maximum atomic E-state index is 12.8. The Balaban J connectivity index is 2.29. The van der Waals surface area contributed by atoms with E-state index in [4.69, 9.17) is 9.94 Å². The Hall–Kier alpha value is -2.54. The number of ether oxygens (including phenoxy) is 1. The minimum atomic E-state index is -3.93. The number of aryl methyl sites for hydroxylation is 1. The molecule has 0 saturated heterocycles. The van der Waals surface area contributed by atoms with Crippen molar-refractivity contribution in [2.45, 2.75) is 38.5 Å². The zero-order chi connectivity index (χ0) is 23.2. The summed E-state index contributed by atoms with van der Waals surface area (Å²) < 4.78 is 33.3. The fourth-order valence-electron chi connectivity index (χ4n) is 2.58. The topological polar surface area (TPSA) is 147 Å². The zero-order valence-corrected chi connectivity index (χ0v) is 19.3. The molecule has 2 amide bonds. The van der Waals surface area contributed by atoms with Crippen molar-refractivity contribution in [3.05, 3.63) is 23.9 Å². The molecule has 1 aromatic carbocycles. The second-order valence-electron chi connectivity index (χ2n) is 6.98. The normalized spacial score (nSPS) is 11.4. The molecule has 4 N–H and O–H groups in total. The highest BCUT2D eigenvalue weighted by atomic mass is 32.2. The van der Waals surface area contributed by atoms with Gasteiger partial charge in [-0.1, -0.05) is 25.2 Å². The van der Waals surface area contributed by atoms with Gasteiger partial charge in [-0.2, -0.15) is 0 Å². The Bertz CT molecular complexity index is 1050. The molecular formula is C19H26N4O6S2. The molecule has 10 nitrogen and oxygen atoms in total. The number of carbonyl (C=O) groups excluding carboxylic acids is 2. The average Bonchev–Trinajstić information content (AvgIpc) is 3.10. The molecule has 0 aliphatic rings. The largest absolute Gasteiger partial charge is 0.495 e. The van der Waals surface area contributed by atoms with Crippen LogP contribution in [-0.4, -0.2) is 44.1 Å². The van der Waals surface area contributed by atoms with Crippen LogP contribution in [0.3, 0.4) is 0 Å². The number of aromatic nitrogens is 1. The number of sulfonamides is 1. The van der Waals surface area contributed by atoms with Gasteiger partial charge in [0, 0.05) is 18.9 Å². The van der Waals surface area contributed by atoms with Gasteiger partial charge in [0.1, 0.15) is 10.6 Å². The SMILES string of the molecule is COc1ccc(-c2sc(NC(=O)C(C)C)nc2C)cc1S(=O)(=O)NCCCC(=O)NO. The summed E-state index contributed by atoms with van der Waals surface area (Å²) in [5.74, 6) is -0.781. The van der Waals surface area contributed by atoms with E-state index in [1.807, 2.05) is 0 Å². The van der Waals surface area contributed by atoms with Gasteiger partial charge in [0.05, 0.1) is 17.7 Å². The molecule has 31 heavy (non-hydrogen) atoms. The molecule has 0 saturated carbocycles. The number of anilines is 1. The third-order valence-corrected chi connectivity index (χ3v) is 6.87. The Labute approximate surface area is 185 Å². The standard InChI is InChI=1S/C19H26N4O6S2/c1-11(2)18(25)22-19-21-12(3)17(30-19)13-7-8-14(29-4)15(10-13)31(27,28)20-9-5-6-16(24)23-26/h7-8,10-11,20,26H,5-6,9H2,1-4H3,(H,23,24)(H,21,22,25). The maximum Gasteiger partial charge on any atom is 0.244 e. The first-order valence-electron chi connectivity index (χ1n) is 9.48. The van der Waals surface area contributed by atoms with Crippen molar-refractivity contribution in [3.63, 3.8) is 0 Å². The second kappa shape index (κ2) is 10.7. The van der Waals surface area contributed by atoms with Crippen molar-refractivity contribution in [1.29, 1.82) is 0 Å². The van der Waals surface area contributed by atoms with Crippen LogP contribution in [0.4, 0.5) is 5.13 Å². The number of carbonyl (C=O) groups is 2. The van der Waals surface area contributed by atoms with E-state index in [-0.39, 0.29) is 41.9 Å². The van der Waals surface area contributed by atoms with Crippen molar-refractivity contribution < 1.29 is 28.0 Å². The Morgan fingerprint density at radius 3 is 2.61 bits per heavy atom. The van der Waals surface area contributed by atoms with E-state index in [2.05, 4.69) is 15.0 Å². The van der Waals surface area contributed by atoms with Crippen LogP contribution in [0.15, 0.2) is 23.1 Å². The Kier molecular flexibility index (Phi) is 8.51. The van der Waals surface area contributed by atoms with Gasteiger partial charge in [0.15, 0.2) is 5.13 Å². The van der Waals surface area contributed by atoms with Crippen LogP contribution in [0.1, 0.15) is 32.4 Å². The van der Waals surface area contributed by atoms with Gasteiger partial charge in [-0.15, -0.1) is 0 Å². The number of hydrogen-bond donors (Lipinski definition) is 4. The molecule has 0 unspecified atom stereocenters. The van der Waals surface area contributed by atoms with Crippen LogP contribution >= 0.6 is 11.3 Å². The molecule has 0 radical (unpaired) electrons. The van der Waals surface area contributed by atoms with Crippen molar-refractivity contribution in [2.24, 2.45) is 5.92 Å². The van der Waals surface area contributed by atoms with Gasteiger partial charge in [-0.3, -0.25) is 14.8 Å². The van der Waals surface area contributed by atoms with E-state index in [1.165, 1.54) is 30.0 Å². The van der Waals surface area contributed by atoms with Gasteiger partial charge in [0.25, 0.3) is 0 Å². The lowest BCUT2D eigenvalue weighted by atomic mass is 10.1. The van der Waals surface area contributed by atoms with Gasteiger partial charge >= 0.3 is 0 Å². The van der Waals surface area contributed by atoms with Gasteiger partial charge in [-0.25, -0.2) is 23.6 Å². The lowest BCUT2D eigenvalue weighted by Gasteiger charge is -2.12.